The monoisotopic (exact) mass is 322 g/mol. The first-order chi connectivity index (χ1) is 10.7. The first-order valence-electron chi connectivity index (χ1n) is 7.17. The minimum absolute atomic E-state index is 0.0192. The molecule has 0 saturated carbocycles. The molecule has 1 aliphatic heterocycles. The van der Waals surface area contributed by atoms with Crippen molar-refractivity contribution < 1.29 is 19.0 Å². The number of benzene rings is 1. The van der Waals surface area contributed by atoms with Crippen LogP contribution in [0.1, 0.15) is 6.92 Å². The number of fused-ring (bicyclic) bond motifs is 1. The van der Waals surface area contributed by atoms with E-state index in [2.05, 4.69) is 9.88 Å². The molecule has 7 heteroatoms. The molecule has 22 heavy (non-hydrogen) atoms. The summed E-state index contributed by atoms with van der Waals surface area (Å²) in [5.41, 5.74) is 0.877. The largest absolute Gasteiger partial charge is 0.494 e. The van der Waals surface area contributed by atoms with E-state index in [1.807, 2.05) is 25.1 Å². The molecule has 118 valence electrons. The van der Waals surface area contributed by atoms with Crippen LogP contribution in [0.25, 0.3) is 10.2 Å². The van der Waals surface area contributed by atoms with Gasteiger partial charge in [-0.05, 0) is 19.1 Å². The van der Waals surface area contributed by atoms with Crippen molar-refractivity contribution in [3.63, 3.8) is 0 Å². The number of hydrogen-bond donors (Lipinski definition) is 0. The molecule has 2 aromatic rings. The standard InChI is InChI=1S/C15H18N2O4S/c1-3-20-9-13(18)21-10-7-17(8-10)15-16-14-11(19-2)5-4-6-12(14)22-15/h4-6,10H,3,7-9H2,1-2H3. The third kappa shape index (κ3) is 3.00. The minimum Gasteiger partial charge on any atom is -0.494 e. The van der Waals surface area contributed by atoms with Crippen LogP contribution in [0.4, 0.5) is 5.13 Å². The number of carbonyl (C=O) groups excluding carboxylic acids is 1. The van der Waals surface area contributed by atoms with Gasteiger partial charge in [-0.15, -0.1) is 0 Å². The van der Waals surface area contributed by atoms with Crippen molar-refractivity contribution in [3.05, 3.63) is 18.2 Å². The Hall–Kier alpha value is -1.86. The summed E-state index contributed by atoms with van der Waals surface area (Å²) in [4.78, 5) is 18.2. The lowest BCUT2D eigenvalue weighted by molar-refractivity contribution is -0.155. The first-order valence-corrected chi connectivity index (χ1v) is 7.98. The molecule has 1 aliphatic rings. The van der Waals surface area contributed by atoms with Gasteiger partial charge >= 0.3 is 5.97 Å². The van der Waals surface area contributed by atoms with Gasteiger partial charge in [-0.25, -0.2) is 9.78 Å². The molecular formula is C15H18N2O4S. The number of methoxy groups -OCH3 is 1. The number of hydrogen-bond acceptors (Lipinski definition) is 7. The van der Waals surface area contributed by atoms with E-state index < -0.39 is 0 Å². The van der Waals surface area contributed by atoms with Crippen molar-refractivity contribution >= 4 is 32.7 Å². The van der Waals surface area contributed by atoms with Crippen LogP contribution in [0, 0.1) is 0 Å². The van der Waals surface area contributed by atoms with Gasteiger partial charge in [-0.3, -0.25) is 0 Å². The predicted molar refractivity (Wildman–Crippen MR) is 84.8 cm³/mol. The van der Waals surface area contributed by atoms with Gasteiger partial charge in [0.2, 0.25) is 0 Å². The molecule has 0 amide bonds. The van der Waals surface area contributed by atoms with Gasteiger partial charge in [0.25, 0.3) is 0 Å². The molecule has 1 fully saturated rings. The molecule has 0 N–H and O–H groups in total. The summed E-state index contributed by atoms with van der Waals surface area (Å²) in [6.07, 6.45) is -0.0816. The van der Waals surface area contributed by atoms with Crippen LogP contribution in [0.2, 0.25) is 0 Å². The van der Waals surface area contributed by atoms with Crippen molar-refractivity contribution in [1.29, 1.82) is 0 Å². The molecule has 1 aromatic carbocycles. The number of thiazole rings is 1. The van der Waals surface area contributed by atoms with Gasteiger partial charge in [-0.2, -0.15) is 0 Å². The fourth-order valence-corrected chi connectivity index (χ4v) is 3.29. The third-order valence-electron chi connectivity index (χ3n) is 3.43. The number of ether oxygens (including phenoxy) is 3. The summed E-state index contributed by atoms with van der Waals surface area (Å²) in [5, 5.41) is 0.927. The number of rotatable bonds is 6. The van der Waals surface area contributed by atoms with Crippen LogP contribution >= 0.6 is 11.3 Å². The Labute approximate surface area is 132 Å². The van der Waals surface area contributed by atoms with E-state index in [1.54, 1.807) is 18.4 Å². The van der Waals surface area contributed by atoms with E-state index in [9.17, 15) is 4.79 Å². The van der Waals surface area contributed by atoms with Crippen LogP contribution in [0.15, 0.2) is 18.2 Å². The summed E-state index contributed by atoms with van der Waals surface area (Å²) in [6.45, 7) is 3.71. The van der Waals surface area contributed by atoms with Crippen molar-refractivity contribution in [3.8, 4) is 5.75 Å². The second kappa shape index (κ2) is 6.50. The normalized spacial score (nSPS) is 14.9. The van der Waals surface area contributed by atoms with Crippen LogP contribution in [-0.4, -0.2) is 50.5 Å². The second-order valence-corrected chi connectivity index (χ2v) is 5.97. The Morgan fingerprint density at radius 3 is 3.00 bits per heavy atom. The predicted octanol–water partition coefficient (Wildman–Crippen LogP) is 2.07. The maximum atomic E-state index is 11.5. The lowest BCUT2D eigenvalue weighted by atomic mass is 10.2. The van der Waals surface area contributed by atoms with Gasteiger partial charge in [0.1, 0.15) is 24.0 Å². The number of carbonyl (C=O) groups is 1. The van der Waals surface area contributed by atoms with Gasteiger partial charge in [0.05, 0.1) is 24.9 Å². The first kappa shape index (κ1) is 15.1. The van der Waals surface area contributed by atoms with Gasteiger partial charge in [0, 0.05) is 6.61 Å². The fraction of sp³-hybridized carbons (Fsp3) is 0.467. The third-order valence-corrected chi connectivity index (χ3v) is 4.51. The van der Waals surface area contributed by atoms with Gasteiger partial charge in [-0.1, -0.05) is 17.4 Å². The summed E-state index contributed by atoms with van der Waals surface area (Å²) in [6, 6.07) is 5.89. The summed E-state index contributed by atoms with van der Waals surface area (Å²) >= 11 is 1.62. The molecule has 0 spiro atoms. The van der Waals surface area contributed by atoms with E-state index in [1.165, 1.54) is 0 Å². The number of aromatic nitrogens is 1. The summed E-state index contributed by atoms with van der Waals surface area (Å²) < 4.78 is 16.7. The maximum Gasteiger partial charge on any atom is 0.332 e. The number of nitrogens with zero attached hydrogens (tertiary/aromatic N) is 2. The molecule has 6 nitrogen and oxygen atoms in total. The Morgan fingerprint density at radius 1 is 1.45 bits per heavy atom. The zero-order valence-electron chi connectivity index (χ0n) is 12.6. The highest BCUT2D eigenvalue weighted by molar-refractivity contribution is 7.22. The van der Waals surface area contributed by atoms with Crippen molar-refractivity contribution in [2.24, 2.45) is 0 Å². The lowest BCUT2D eigenvalue weighted by Gasteiger charge is -2.38. The highest BCUT2D eigenvalue weighted by Crippen LogP contribution is 2.35. The van der Waals surface area contributed by atoms with E-state index >= 15 is 0 Å². The molecule has 0 unspecified atom stereocenters. The SMILES string of the molecule is CCOCC(=O)OC1CN(c2nc3c(OC)cccc3s2)C1. The molecule has 1 saturated heterocycles. The molecule has 0 bridgehead atoms. The van der Waals surface area contributed by atoms with Gasteiger partial charge < -0.3 is 19.1 Å². The van der Waals surface area contributed by atoms with Crippen LogP contribution in [0.3, 0.4) is 0 Å². The van der Waals surface area contributed by atoms with Crippen LogP contribution < -0.4 is 9.64 Å². The molecule has 0 aliphatic carbocycles. The van der Waals surface area contributed by atoms with Crippen LogP contribution in [0.5, 0.6) is 5.75 Å². The second-order valence-electron chi connectivity index (χ2n) is 4.96. The van der Waals surface area contributed by atoms with Crippen molar-refractivity contribution in [1.82, 2.24) is 4.98 Å². The summed E-state index contributed by atoms with van der Waals surface area (Å²) in [7, 11) is 1.64. The molecule has 0 atom stereocenters. The quantitative estimate of drug-likeness (QED) is 0.759. The Kier molecular flexibility index (Phi) is 4.44. The van der Waals surface area contributed by atoms with Crippen molar-refractivity contribution in [2.45, 2.75) is 13.0 Å². The van der Waals surface area contributed by atoms with E-state index in [-0.39, 0.29) is 18.7 Å². The summed E-state index contributed by atoms with van der Waals surface area (Å²) in [5.74, 6) is 0.470. The lowest BCUT2D eigenvalue weighted by Crippen LogP contribution is -2.53. The molecule has 0 radical (unpaired) electrons. The zero-order valence-corrected chi connectivity index (χ0v) is 13.4. The highest BCUT2D eigenvalue weighted by Gasteiger charge is 2.32. The van der Waals surface area contributed by atoms with E-state index in [0.717, 1.165) is 21.1 Å². The average Bonchev–Trinajstić information content (AvgIpc) is 2.91. The smallest absolute Gasteiger partial charge is 0.332 e. The molecule has 2 heterocycles. The Bertz CT molecular complexity index is 667. The Morgan fingerprint density at radius 2 is 2.27 bits per heavy atom. The van der Waals surface area contributed by atoms with Crippen molar-refractivity contribution in [2.75, 3.05) is 38.3 Å². The van der Waals surface area contributed by atoms with Gasteiger partial charge in [0.15, 0.2) is 5.13 Å². The fourth-order valence-electron chi connectivity index (χ4n) is 2.29. The Balaban J connectivity index is 1.60. The van der Waals surface area contributed by atoms with E-state index in [0.29, 0.717) is 19.7 Å². The topological polar surface area (TPSA) is 60.9 Å². The zero-order chi connectivity index (χ0) is 15.5. The van der Waals surface area contributed by atoms with Crippen LogP contribution in [-0.2, 0) is 14.3 Å². The number of esters is 1. The molecule has 1 aromatic heterocycles. The highest BCUT2D eigenvalue weighted by atomic mass is 32.1. The molecular weight excluding hydrogens is 304 g/mol. The number of para-hydroxylation sites is 1. The average molecular weight is 322 g/mol. The maximum absolute atomic E-state index is 11.5. The minimum atomic E-state index is -0.308. The molecule has 3 rings (SSSR count). The number of anilines is 1. The van der Waals surface area contributed by atoms with E-state index in [4.69, 9.17) is 14.2 Å².